The molecule has 2 rings (SSSR count). The maximum absolute atomic E-state index is 11.8. The van der Waals surface area contributed by atoms with Gasteiger partial charge in [-0.05, 0) is 43.3 Å². The van der Waals surface area contributed by atoms with Crippen LogP contribution in [0.5, 0.6) is 0 Å². The fourth-order valence-corrected chi connectivity index (χ4v) is 1.53. The molecule has 0 aliphatic carbocycles. The molecule has 0 spiro atoms. The number of carbonyl (C=O) groups excluding carboxylic acids is 1. The van der Waals surface area contributed by atoms with Gasteiger partial charge in [0, 0.05) is 5.56 Å². The standard InChI is InChI=1S/C15H13N3O/c1-11-2-8-14(9-3-11)17-18-15(19)13-6-4-12(10-16)5-7-13/h2-9,17H,1H3,(H,18,19). The Morgan fingerprint density at radius 3 is 2.26 bits per heavy atom. The average Bonchev–Trinajstić information content (AvgIpc) is 2.46. The summed E-state index contributed by atoms with van der Waals surface area (Å²) in [4.78, 5) is 11.8. The van der Waals surface area contributed by atoms with Crippen LogP contribution < -0.4 is 10.9 Å². The molecule has 94 valence electrons. The van der Waals surface area contributed by atoms with Crippen molar-refractivity contribution in [3.63, 3.8) is 0 Å². The van der Waals surface area contributed by atoms with E-state index in [1.807, 2.05) is 37.3 Å². The summed E-state index contributed by atoms with van der Waals surface area (Å²) in [5.41, 5.74) is 8.43. The molecule has 19 heavy (non-hydrogen) atoms. The van der Waals surface area contributed by atoms with Gasteiger partial charge in [0.25, 0.3) is 5.91 Å². The first-order valence-corrected chi connectivity index (χ1v) is 5.82. The molecule has 0 atom stereocenters. The SMILES string of the molecule is Cc1ccc(NNC(=O)c2ccc(C#N)cc2)cc1. The summed E-state index contributed by atoms with van der Waals surface area (Å²) < 4.78 is 0. The summed E-state index contributed by atoms with van der Waals surface area (Å²) in [6.45, 7) is 2.00. The van der Waals surface area contributed by atoms with Crippen LogP contribution in [0.2, 0.25) is 0 Å². The molecule has 0 fully saturated rings. The molecule has 1 amide bonds. The van der Waals surface area contributed by atoms with Gasteiger partial charge >= 0.3 is 0 Å². The Kier molecular flexibility index (Phi) is 3.79. The predicted molar refractivity (Wildman–Crippen MR) is 73.4 cm³/mol. The number of hydrazine groups is 1. The molecule has 2 N–H and O–H groups in total. The van der Waals surface area contributed by atoms with E-state index >= 15 is 0 Å². The number of aryl methyl sites for hydroxylation is 1. The Morgan fingerprint density at radius 1 is 1.05 bits per heavy atom. The lowest BCUT2D eigenvalue weighted by Crippen LogP contribution is -2.29. The Bertz CT molecular complexity index is 609. The molecule has 2 aromatic carbocycles. The molecule has 2 aromatic rings. The summed E-state index contributed by atoms with van der Waals surface area (Å²) >= 11 is 0. The van der Waals surface area contributed by atoms with Crippen LogP contribution in [0, 0.1) is 18.3 Å². The van der Waals surface area contributed by atoms with Gasteiger partial charge in [-0.25, -0.2) is 0 Å². The number of benzene rings is 2. The molecule has 0 aromatic heterocycles. The highest BCUT2D eigenvalue weighted by Gasteiger charge is 2.04. The Morgan fingerprint density at radius 2 is 1.68 bits per heavy atom. The van der Waals surface area contributed by atoms with Crippen molar-refractivity contribution < 1.29 is 4.79 Å². The maximum atomic E-state index is 11.8. The maximum Gasteiger partial charge on any atom is 0.269 e. The fourth-order valence-electron chi connectivity index (χ4n) is 1.53. The van der Waals surface area contributed by atoms with Gasteiger partial charge in [0.2, 0.25) is 0 Å². The third-order valence-electron chi connectivity index (χ3n) is 2.65. The molecule has 0 unspecified atom stereocenters. The number of rotatable bonds is 3. The lowest BCUT2D eigenvalue weighted by Gasteiger charge is -2.08. The molecule has 0 saturated heterocycles. The van der Waals surface area contributed by atoms with Crippen molar-refractivity contribution in [3.8, 4) is 6.07 Å². The second-order valence-electron chi connectivity index (χ2n) is 4.13. The van der Waals surface area contributed by atoms with Crippen molar-refractivity contribution in [1.82, 2.24) is 5.43 Å². The number of nitrogens with zero attached hydrogens (tertiary/aromatic N) is 1. The Hall–Kier alpha value is -2.80. The number of nitriles is 1. The number of hydrogen-bond acceptors (Lipinski definition) is 3. The second kappa shape index (κ2) is 5.69. The zero-order valence-corrected chi connectivity index (χ0v) is 10.5. The van der Waals surface area contributed by atoms with Crippen LogP contribution in [0.4, 0.5) is 5.69 Å². The lowest BCUT2D eigenvalue weighted by atomic mass is 10.1. The van der Waals surface area contributed by atoms with Gasteiger partial charge in [-0.15, -0.1) is 0 Å². The highest BCUT2D eigenvalue weighted by molar-refractivity contribution is 5.94. The van der Waals surface area contributed by atoms with Gasteiger partial charge in [0.05, 0.1) is 17.3 Å². The highest BCUT2D eigenvalue weighted by Crippen LogP contribution is 2.08. The van der Waals surface area contributed by atoms with E-state index in [-0.39, 0.29) is 5.91 Å². The zero-order chi connectivity index (χ0) is 13.7. The van der Waals surface area contributed by atoms with Gasteiger partial charge in [-0.3, -0.25) is 15.6 Å². The van der Waals surface area contributed by atoms with Crippen LogP contribution >= 0.6 is 0 Å². The van der Waals surface area contributed by atoms with E-state index in [1.54, 1.807) is 24.3 Å². The average molecular weight is 251 g/mol. The van der Waals surface area contributed by atoms with Gasteiger partial charge in [-0.1, -0.05) is 17.7 Å². The van der Waals surface area contributed by atoms with Crippen molar-refractivity contribution >= 4 is 11.6 Å². The van der Waals surface area contributed by atoms with Crippen LogP contribution in [-0.4, -0.2) is 5.91 Å². The van der Waals surface area contributed by atoms with Gasteiger partial charge in [0.15, 0.2) is 0 Å². The Labute approximate surface area is 111 Å². The quantitative estimate of drug-likeness (QED) is 0.824. The van der Waals surface area contributed by atoms with E-state index in [9.17, 15) is 4.79 Å². The zero-order valence-electron chi connectivity index (χ0n) is 10.5. The van der Waals surface area contributed by atoms with Crippen LogP contribution in [0.3, 0.4) is 0 Å². The number of nitrogens with one attached hydrogen (secondary N) is 2. The molecular formula is C15H13N3O. The topological polar surface area (TPSA) is 64.9 Å². The largest absolute Gasteiger partial charge is 0.298 e. The fraction of sp³-hybridized carbons (Fsp3) is 0.0667. The minimum atomic E-state index is -0.245. The van der Waals surface area contributed by atoms with Crippen molar-refractivity contribution in [2.45, 2.75) is 6.92 Å². The normalized spacial score (nSPS) is 9.47. The molecule has 4 nitrogen and oxygen atoms in total. The molecule has 4 heteroatoms. The summed E-state index contributed by atoms with van der Waals surface area (Å²) in [6, 6.07) is 16.1. The van der Waals surface area contributed by atoms with E-state index in [0.717, 1.165) is 11.3 Å². The van der Waals surface area contributed by atoms with Crippen LogP contribution in [0.25, 0.3) is 0 Å². The van der Waals surface area contributed by atoms with Crippen molar-refractivity contribution in [3.05, 3.63) is 65.2 Å². The highest BCUT2D eigenvalue weighted by atomic mass is 16.2. The van der Waals surface area contributed by atoms with Crippen LogP contribution in [-0.2, 0) is 0 Å². The van der Waals surface area contributed by atoms with Crippen molar-refractivity contribution in [1.29, 1.82) is 5.26 Å². The summed E-state index contributed by atoms with van der Waals surface area (Å²) in [5.74, 6) is -0.245. The number of amides is 1. The van der Waals surface area contributed by atoms with Crippen LogP contribution in [0.1, 0.15) is 21.5 Å². The molecular weight excluding hydrogens is 238 g/mol. The van der Waals surface area contributed by atoms with Gasteiger partial charge < -0.3 is 0 Å². The minimum Gasteiger partial charge on any atom is -0.298 e. The number of hydrogen-bond donors (Lipinski definition) is 2. The number of anilines is 1. The van der Waals surface area contributed by atoms with E-state index in [0.29, 0.717) is 11.1 Å². The molecule has 0 aliphatic heterocycles. The van der Waals surface area contributed by atoms with Crippen molar-refractivity contribution in [2.75, 3.05) is 5.43 Å². The van der Waals surface area contributed by atoms with E-state index in [4.69, 9.17) is 5.26 Å². The summed E-state index contributed by atoms with van der Waals surface area (Å²) in [7, 11) is 0. The second-order valence-corrected chi connectivity index (χ2v) is 4.13. The van der Waals surface area contributed by atoms with Crippen LogP contribution in [0.15, 0.2) is 48.5 Å². The van der Waals surface area contributed by atoms with E-state index < -0.39 is 0 Å². The molecule has 0 aliphatic rings. The molecule has 0 heterocycles. The first kappa shape index (κ1) is 12.7. The van der Waals surface area contributed by atoms with E-state index in [1.165, 1.54) is 0 Å². The monoisotopic (exact) mass is 251 g/mol. The molecule has 0 saturated carbocycles. The number of carbonyl (C=O) groups is 1. The minimum absolute atomic E-state index is 0.245. The van der Waals surface area contributed by atoms with Gasteiger partial charge in [-0.2, -0.15) is 5.26 Å². The third kappa shape index (κ3) is 3.33. The first-order valence-electron chi connectivity index (χ1n) is 5.82. The molecule has 0 bridgehead atoms. The van der Waals surface area contributed by atoms with Gasteiger partial charge in [0.1, 0.15) is 0 Å². The predicted octanol–water partition coefficient (Wildman–Crippen LogP) is 2.62. The van der Waals surface area contributed by atoms with E-state index in [2.05, 4.69) is 10.9 Å². The smallest absolute Gasteiger partial charge is 0.269 e. The summed E-state index contributed by atoms with van der Waals surface area (Å²) in [6.07, 6.45) is 0. The first-order chi connectivity index (χ1) is 9.19. The lowest BCUT2D eigenvalue weighted by molar-refractivity contribution is 0.0962. The summed E-state index contributed by atoms with van der Waals surface area (Å²) in [5, 5.41) is 8.68. The Balaban J connectivity index is 1.97. The molecule has 0 radical (unpaired) electrons. The van der Waals surface area contributed by atoms with Crippen molar-refractivity contribution in [2.24, 2.45) is 0 Å². The third-order valence-corrected chi connectivity index (χ3v) is 2.65.